The third-order valence-electron chi connectivity index (χ3n) is 12.8. The first-order valence-electron chi connectivity index (χ1n) is 27.5. The van der Waals surface area contributed by atoms with E-state index >= 15 is 0 Å². The van der Waals surface area contributed by atoms with Gasteiger partial charge in [0.05, 0.1) is 25.4 Å². The molecule has 0 aliphatic heterocycles. The fraction of sp³-hybridized carbons (Fsp3) is 0.927. The van der Waals surface area contributed by atoms with Gasteiger partial charge in [0, 0.05) is 12.8 Å². The number of ether oxygens (including phenoxy) is 1. The molecule has 0 fully saturated rings. The monoisotopic (exact) mass is 862 g/mol. The molecule has 1 amide bonds. The first-order valence-corrected chi connectivity index (χ1v) is 27.5. The summed E-state index contributed by atoms with van der Waals surface area (Å²) in [4.78, 5) is 24.5. The van der Waals surface area contributed by atoms with Crippen LogP contribution in [-0.4, -0.2) is 47.4 Å². The van der Waals surface area contributed by atoms with Gasteiger partial charge in [0.15, 0.2) is 0 Å². The van der Waals surface area contributed by atoms with E-state index in [1.165, 1.54) is 231 Å². The second-order valence-corrected chi connectivity index (χ2v) is 18.9. The number of unbranched alkanes of at least 4 members (excludes halogenated alkanes) is 40. The van der Waals surface area contributed by atoms with Crippen LogP contribution in [0, 0.1) is 0 Å². The van der Waals surface area contributed by atoms with Gasteiger partial charge < -0.3 is 20.3 Å². The number of carbonyl (C=O) groups excluding carboxylic acids is 2. The summed E-state index contributed by atoms with van der Waals surface area (Å²) in [5.74, 6) is -0.0687. The fourth-order valence-electron chi connectivity index (χ4n) is 8.58. The lowest BCUT2D eigenvalue weighted by atomic mass is 10.0. The third kappa shape index (κ3) is 47.9. The van der Waals surface area contributed by atoms with Crippen LogP contribution in [0.15, 0.2) is 12.2 Å². The molecule has 0 aromatic carbocycles. The first kappa shape index (κ1) is 59.6. The zero-order chi connectivity index (χ0) is 44.4. The third-order valence-corrected chi connectivity index (χ3v) is 12.8. The Kier molecular flexibility index (Phi) is 50.1. The maximum Gasteiger partial charge on any atom is 0.305 e. The molecule has 0 aliphatic carbocycles. The molecule has 0 aromatic heterocycles. The average Bonchev–Trinajstić information content (AvgIpc) is 3.26. The highest BCUT2D eigenvalue weighted by molar-refractivity contribution is 5.76. The summed E-state index contributed by atoms with van der Waals surface area (Å²) in [5.41, 5.74) is 0. The lowest BCUT2D eigenvalue weighted by Gasteiger charge is -2.20. The number of aliphatic hydroxyl groups excluding tert-OH is 2. The van der Waals surface area contributed by atoms with Crippen LogP contribution in [0.5, 0.6) is 0 Å². The van der Waals surface area contributed by atoms with Crippen molar-refractivity contribution in [2.24, 2.45) is 0 Å². The van der Waals surface area contributed by atoms with Gasteiger partial charge in [0.1, 0.15) is 0 Å². The fourth-order valence-corrected chi connectivity index (χ4v) is 8.58. The van der Waals surface area contributed by atoms with Gasteiger partial charge >= 0.3 is 5.97 Å². The molecule has 0 aliphatic rings. The van der Waals surface area contributed by atoms with Crippen molar-refractivity contribution in [3.05, 3.63) is 12.2 Å². The van der Waals surface area contributed by atoms with Crippen LogP contribution in [0.1, 0.15) is 303 Å². The average molecular weight is 862 g/mol. The number of esters is 1. The maximum atomic E-state index is 12.4. The van der Waals surface area contributed by atoms with Gasteiger partial charge in [-0.15, -0.1) is 0 Å². The van der Waals surface area contributed by atoms with E-state index in [9.17, 15) is 19.8 Å². The van der Waals surface area contributed by atoms with E-state index in [1.54, 1.807) is 6.08 Å². The van der Waals surface area contributed by atoms with Gasteiger partial charge in [-0.1, -0.05) is 270 Å². The smallest absolute Gasteiger partial charge is 0.305 e. The number of hydrogen-bond donors (Lipinski definition) is 3. The van der Waals surface area contributed by atoms with Crippen LogP contribution in [-0.2, 0) is 14.3 Å². The second kappa shape index (κ2) is 51.2. The highest BCUT2D eigenvalue weighted by atomic mass is 16.5. The van der Waals surface area contributed by atoms with Crippen molar-refractivity contribution >= 4 is 11.9 Å². The van der Waals surface area contributed by atoms with Crippen molar-refractivity contribution in [1.29, 1.82) is 0 Å². The Morgan fingerprint density at radius 3 is 1.11 bits per heavy atom. The number of aliphatic hydroxyl groups is 2. The highest BCUT2D eigenvalue weighted by Gasteiger charge is 2.18. The molecule has 3 N–H and O–H groups in total. The largest absolute Gasteiger partial charge is 0.466 e. The topological polar surface area (TPSA) is 95.9 Å². The molecule has 0 spiro atoms. The van der Waals surface area contributed by atoms with Gasteiger partial charge in [0.2, 0.25) is 5.91 Å². The molecule has 362 valence electrons. The Labute approximate surface area is 380 Å². The van der Waals surface area contributed by atoms with Crippen LogP contribution in [0.25, 0.3) is 0 Å². The highest BCUT2D eigenvalue weighted by Crippen LogP contribution is 2.17. The van der Waals surface area contributed by atoms with Gasteiger partial charge in [-0.25, -0.2) is 0 Å². The maximum absolute atomic E-state index is 12.4. The van der Waals surface area contributed by atoms with E-state index in [2.05, 4.69) is 19.2 Å². The summed E-state index contributed by atoms with van der Waals surface area (Å²) < 4.78 is 5.48. The minimum absolute atomic E-state index is 0.00524. The quantitative estimate of drug-likeness (QED) is 0.0322. The number of nitrogens with one attached hydrogen (secondary N) is 1. The molecule has 0 saturated heterocycles. The first-order chi connectivity index (χ1) is 30.0. The summed E-state index contributed by atoms with van der Waals surface area (Å²) in [6.45, 7) is 4.90. The lowest BCUT2D eigenvalue weighted by molar-refractivity contribution is -0.143. The predicted molar refractivity (Wildman–Crippen MR) is 264 cm³/mol. The van der Waals surface area contributed by atoms with E-state index in [0.717, 1.165) is 44.9 Å². The van der Waals surface area contributed by atoms with E-state index in [4.69, 9.17) is 4.74 Å². The minimum Gasteiger partial charge on any atom is -0.466 e. The van der Waals surface area contributed by atoms with Crippen LogP contribution in [0.4, 0.5) is 0 Å². The molecule has 0 radical (unpaired) electrons. The van der Waals surface area contributed by atoms with Gasteiger partial charge in [-0.3, -0.25) is 9.59 Å². The van der Waals surface area contributed by atoms with E-state index in [-0.39, 0.29) is 18.5 Å². The molecule has 6 heteroatoms. The SMILES string of the molecule is CCCCCCCCCCCCC/C=C/C(O)C(CO)NC(=O)CCCCCCCCCCCCCCCCCCOC(=O)CCCCCCCCCCCCCCCCC. The number of carbonyl (C=O) groups is 2. The van der Waals surface area contributed by atoms with Crippen LogP contribution in [0.2, 0.25) is 0 Å². The van der Waals surface area contributed by atoms with Crippen molar-refractivity contribution in [1.82, 2.24) is 5.32 Å². The van der Waals surface area contributed by atoms with Crippen LogP contribution < -0.4 is 5.32 Å². The molecule has 6 nitrogen and oxygen atoms in total. The molecule has 61 heavy (non-hydrogen) atoms. The summed E-state index contributed by atoms with van der Waals surface area (Å²) in [6.07, 6.45) is 59.3. The summed E-state index contributed by atoms with van der Waals surface area (Å²) in [5, 5.41) is 23.0. The molecule has 0 heterocycles. The van der Waals surface area contributed by atoms with Crippen molar-refractivity contribution in [2.45, 2.75) is 315 Å². The van der Waals surface area contributed by atoms with E-state index in [1.807, 2.05) is 6.08 Å². The van der Waals surface area contributed by atoms with E-state index < -0.39 is 12.1 Å². The molecule has 0 bridgehead atoms. The molecule has 0 rings (SSSR count). The van der Waals surface area contributed by atoms with Crippen molar-refractivity contribution in [3.63, 3.8) is 0 Å². The van der Waals surface area contributed by atoms with Gasteiger partial charge in [-0.05, 0) is 32.1 Å². The zero-order valence-corrected chi connectivity index (χ0v) is 41.2. The number of amides is 1. The molecule has 2 unspecified atom stereocenters. The Hall–Kier alpha value is -1.40. The molecule has 0 saturated carbocycles. The second-order valence-electron chi connectivity index (χ2n) is 18.9. The van der Waals surface area contributed by atoms with Gasteiger partial charge in [-0.2, -0.15) is 0 Å². The van der Waals surface area contributed by atoms with Crippen molar-refractivity contribution < 1.29 is 24.5 Å². The predicted octanol–water partition coefficient (Wildman–Crippen LogP) is 16.5. The Bertz CT molecular complexity index is 909. The van der Waals surface area contributed by atoms with Crippen molar-refractivity contribution in [3.8, 4) is 0 Å². The van der Waals surface area contributed by atoms with E-state index in [0.29, 0.717) is 19.4 Å². The number of hydrogen-bond acceptors (Lipinski definition) is 5. The number of rotatable bonds is 51. The summed E-state index contributed by atoms with van der Waals surface area (Å²) in [6, 6.07) is -0.631. The molecular weight excluding hydrogens is 755 g/mol. The van der Waals surface area contributed by atoms with Gasteiger partial charge in [0.25, 0.3) is 0 Å². The number of allylic oxidation sites excluding steroid dienone is 1. The Morgan fingerprint density at radius 1 is 0.443 bits per heavy atom. The summed E-state index contributed by atoms with van der Waals surface area (Å²) >= 11 is 0. The molecule has 2 atom stereocenters. The lowest BCUT2D eigenvalue weighted by Crippen LogP contribution is -2.45. The van der Waals surface area contributed by atoms with Crippen LogP contribution in [0.3, 0.4) is 0 Å². The summed E-state index contributed by atoms with van der Waals surface area (Å²) in [7, 11) is 0. The van der Waals surface area contributed by atoms with Crippen molar-refractivity contribution in [2.75, 3.05) is 13.2 Å². The minimum atomic E-state index is -0.847. The Balaban J connectivity index is 3.42. The molecule has 0 aromatic rings. The Morgan fingerprint density at radius 2 is 0.754 bits per heavy atom. The normalized spacial score (nSPS) is 12.7. The molecular formula is C55H107NO5. The van der Waals surface area contributed by atoms with Crippen LogP contribution >= 0.6 is 0 Å². The standard InChI is InChI=1S/C55H107NO5/c1-3-5-7-9-11-13-15-17-20-25-29-33-37-41-45-49-55(60)61-50-46-42-38-34-30-26-22-19-18-21-24-28-32-36-40-44-48-54(59)56-52(51-57)53(58)47-43-39-35-31-27-23-16-14-12-10-8-6-4-2/h43,47,52-53,57-58H,3-42,44-46,48-51H2,1-2H3,(H,56,59)/b47-43+. The zero-order valence-electron chi connectivity index (χ0n) is 41.2.